The number of H-pyrrole nitrogens is 1. The summed E-state index contributed by atoms with van der Waals surface area (Å²) in [6, 6.07) is 3.33. The first-order chi connectivity index (χ1) is 11.9. The molecule has 0 saturated heterocycles. The van der Waals surface area contributed by atoms with Crippen LogP contribution in [0.5, 0.6) is 0 Å². The van der Waals surface area contributed by atoms with Gasteiger partial charge in [0.2, 0.25) is 5.91 Å². The van der Waals surface area contributed by atoms with Crippen molar-refractivity contribution in [2.45, 2.75) is 26.7 Å². The Kier molecular flexibility index (Phi) is 7.38. The van der Waals surface area contributed by atoms with E-state index in [1.807, 2.05) is 13.8 Å². The second-order valence-corrected chi connectivity index (χ2v) is 6.02. The third-order valence-corrected chi connectivity index (χ3v) is 4.25. The van der Waals surface area contributed by atoms with Gasteiger partial charge in [-0.1, -0.05) is 0 Å². The molecule has 3 aromatic rings. The minimum absolute atomic E-state index is 0. The number of nitrogens with zero attached hydrogens (tertiary/aromatic N) is 3. The predicted molar refractivity (Wildman–Crippen MR) is 111 cm³/mol. The molecule has 3 heterocycles. The van der Waals surface area contributed by atoms with Crippen LogP contribution in [-0.4, -0.2) is 25.7 Å². The second-order valence-electron chi connectivity index (χ2n) is 6.02. The van der Waals surface area contributed by atoms with Crippen molar-refractivity contribution in [2.75, 3.05) is 11.1 Å². The lowest BCUT2D eigenvalue weighted by atomic mass is 10.0. The van der Waals surface area contributed by atoms with E-state index in [1.165, 1.54) is 6.20 Å². The summed E-state index contributed by atoms with van der Waals surface area (Å²) in [5.41, 5.74) is 9.20. The predicted octanol–water partition coefficient (Wildman–Crippen LogP) is 2.27. The Bertz CT molecular complexity index is 1010. The highest BCUT2D eigenvalue weighted by molar-refractivity contribution is 5.91. The van der Waals surface area contributed by atoms with E-state index in [0.717, 1.165) is 16.8 Å². The summed E-state index contributed by atoms with van der Waals surface area (Å²) in [6.45, 7) is 3.78. The number of pyridine rings is 2. The van der Waals surface area contributed by atoms with Crippen LogP contribution in [-0.2, 0) is 18.3 Å². The van der Waals surface area contributed by atoms with Crippen LogP contribution in [0.1, 0.15) is 23.2 Å². The normalized spacial score (nSPS) is 10.2. The minimum atomic E-state index is -0.166. The van der Waals surface area contributed by atoms with E-state index in [4.69, 9.17) is 5.73 Å². The molecule has 0 aliphatic rings. The Morgan fingerprint density at radius 1 is 1.30 bits per heavy atom. The molecule has 146 valence electrons. The third kappa shape index (κ3) is 4.58. The molecule has 0 bridgehead atoms. The van der Waals surface area contributed by atoms with Crippen LogP contribution >= 0.6 is 24.8 Å². The molecule has 4 N–H and O–H groups in total. The number of nitrogens with one attached hydrogen (secondary N) is 2. The van der Waals surface area contributed by atoms with Gasteiger partial charge < -0.3 is 11.1 Å². The number of aromatic nitrogens is 4. The largest absolute Gasteiger partial charge is 0.384 e. The van der Waals surface area contributed by atoms with Gasteiger partial charge in [0.1, 0.15) is 5.82 Å². The maximum atomic E-state index is 12.2. The maximum absolute atomic E-state index is 12.2. The number of aryl methyl sites for hydroxylation is 3. The van der Waals surface area contributed by atoms with Crippen LogP contribution in [0.2, 0.25) is 0 Å². The number of amides is 1. The molecule has 0 radical (unpaired) electrons. The Labute approximate surface area is 168 Å². The van der Waals surface area contributed by atoms with E-state index in [1.54, 1.807) is 23.9 Å². The van der Waals surface area contributed by atoms with Crippen LogP contribution < -0.4 is 16.6 Å². The number of nitrogen functional groups attached to an aromatic ring is 1. The minimum Gasteiger partial charge on any atom is -0.384 e. The SMILES string of the molecule is Cc1nc2c(c(C)c1CCC(=O)Nc1ccc(N)nc1)c(=O)[nH]n2C.Cl.Cl. The Morgan fingerprint density at radius 3 is 2.63 bits per heavy atom. The average Bonchev–Trinajstić information content (AvgIpc) is 2.83. The summed E-state index contributed by atoms with van der Waals surface area (Å²) in [6.07, 6.45) is 2.30. The van der Waals surface area contributed by atoms with E-state index in [9.17, 15) is 9.59 Å². The fourth-order valence-electron chi connectivity index (χ4n) is 2.96. The van der Waals surface area contributed by atoms with Crippen molar-refractivity contribution in [1.29, 1.82) is 0 Å². The van der Waals surface area contributed by atoms with Gasteiger partial charge in [0.25, 0.3) is 5.56 Å². The first kappa shape index (κ1) is 22.5. The van der Waals surface area contributed by atoms with Crippen LogP contribution in [0.3, 0.4) is 0 Å². The van der Waals surface area contributed by atoms with Gasteiger partial charge in [-0.05, 0) is 43.5 Å². The van der Waals surface area contributed by atoms with Crippen LogP contribution in [0.4, 0.5) is 11.5 Å². The van der Waals surface area contributed by atoms with E-state index in [2.05, 4.69) is 20.4 Å². The van der Waals surface area contributed by atoms with Crippen LogP contribution in [0.25, 0.3) is 11.0 Å². The van der Waals surface area contributed by atoms with E-state index < -0.39 is 0 Å². The van der Waals surface area contributed by atoms with Crippen molar-refractivity contribution >= 4 is 53.3 Å². The molecular formula is C17H22Cl2N6O2. The summed E-state index contributed by atoms with van der Waals surface area (Å²) in [5.74, 6) is 0.268. The van der Waals surface area contributed by atoms with Crippen molar-refractivity contribution in [1.82, 2.24) is 19.7 Å². The maximum Gasteiger partial charge on any atom is 0.273 e. The van der Waals surface area contributed by atoms with Gasteiger partial charge in [0.15, 0.2) is 5.65 Å². The Balaban J connectivity index is 0.00000182. The molecule has 0 saturated carbocycles. The van der Waals surface area contributed by atoms with Gasteiger partial charge in [-0.3, -0.25) is 19.4 Å². The summed E-state index contributed by atoms with van der Waals surface area (Å²) in [4.78, 5) is 32.7. The highest BCUT2D eigenvalue weighted by Gasteiger charge is 2.16. The van der Waals surface area contributed by atoms with Crippen molar-refractivity contribution in [3.63, 3.8) is 0 Å². The smallest absolute Gasteiger partial charge is 0.273 e. The number of carbonyl (C=O) groups excluding carboxylic acids is 1. The molecular weight excluding hydrogens is 391 g/mol. The molecule has 3 rings (SSSR count). The molecule has 0 atom stereocenters. The zero-order valence-corrected chi connectivity index (χ0v) is 16.8. The number of fused-ring (bicyclic) bond motifs is 1. The van der Waals surface area contributed by atoms with E-state index >= 15 is 0 Å². The standard InChI is InChI=1S/C17H20N6O2.2ClH/c1-9-12(10(2)20-16-15(9)17(25)22-23(16)3)5-7-14(24)21-11-4-6-13(18)19-8-11;;/h4,6,8H,5,7H2,1-3H3,(H2,18,19)(H,21,24)(H,22,25);2*1H. The molecule has 10 heteroatoms. The zero-order chi connectivity index (χ0) is 18.1. The number of rotatable bonds is 4. The number of anilines is 2. The fourth-order valence-corrected chi connectivity index (χ4v) is 2.96. The second kappa shape index (κ2) is 8.88. The van der Waals surface area contributed by atoms with Gasteiger partial charge in [-0.15, -0.1) is 24.8 Å². The molecule has 27 heavy (non-hydrogen) atoms. The molecule has 0 aliphatic carbocycles. The number of aromatic amines is 1. The number of hydrogen-bond acceptors (Lipinski definition) is 5. The lowest BCUT2D eigenvalue weighted by Crippen LogP contribution is -2.14. The summed E-state index contributed by atoms with van der Waals surface area (Å²) < 4.78 is 1.61. The Morgan fingerprint density at radius 2 is 2.00 bits per heavy atom. The number of nitrogens with two attached hydrogens (primary N) is 1. The molecule has 0 aromatic carbocycles. The third-order valence-electron chi connectivity index (χ3n) is 4.25. The van der Waals surface area contributed by atoms with Gasteiger partial charge in [-0.2, -0.15) is 0 Å². The highest BCUT2D eigenvalue weighted by Crippen LogP contribution is 2.21. The molecule has 0 unspecified atom stereocenters. The summed E-state index contributed by atoms with van der Waals surface area (Å²) in [7, 11) is 1.75. The summed E-state index contributed by atoms with van der Waals surface area (Å²) >= 11 is 0. The van der Waals surface area contributed by atoms with Gasteiger partial charge in [0.05, 0.1) is 17.3 Å². The Hall–Kier alpha value is -2.58. The van der Waals surface area contributed by atoms with E-state index in [0.29, 0.717) is 29.0 Å². The summed E-state index contributed by atoms with van der Waals surface area (Å²) in [5, 5.41) is 6.07. The first-order valence-electron chi connectivity index (χ1n) is 7.93. The number of carbonyl (C=O) groups is 1. The van der Waals surface area contributed by atoms with Crippen LogP contribution in [0.15, 0.2) is 23.1 Å². The average molecular weight is 413 g/mol. The van der Waals surface area contributed by atoms with Crippen molar-refractivity contribution in [3.05, 3.63) is 45.5 Å². The van der Waals surface area contributed by atoms with E-state index in [-0.39, 0.29) is 42.7 Å². The number of hydrogen-bond donors (Lipinski definition) is 3. The molecule has 3 aromatic heterocycles. The highest BCUT2D eigenvalue weighted by atomic mass is 35.5. The number of halogens is 2. The van der Waals surface area contributed by atoms with Crippen LogP contribution in [0, 0.1) is 13.8 Å². The van der Waals surface area contributed by atoms with Gasteiger partial charge in [0, 0.05) is 19.2 Å². The van der Waals surface area contributed by atoms with Crippen molar-refractivity contribution in [2.24, 2.45) is 7.05 Å². The zero-order valence-electron chi connectivity index (χ0n) is 15.2. The molecule has 1 amide bonds. The molecule has 0 spiro atoms. The van der Waals surface area contributed by atoms with Crippen molar-refractivity contribution in [3.8, 4) is 0 Å². The molecule has 8 nitrogen and oxygen atoms in total. The fraction of sp³-hybridized carbons (Fsp3) is 0.294. The lowest BCUT2D eigenvalue weighted by molar-refractivity contribution is -0.116. The molecule has 0 aliphatic heterocycles. The molecule has 0 fully saturated rings. The van der Waals surface area contributed by atoms with Gasteiger partial charge >= 0.3 is 0 Å². The quantitative estimate of drug-likeness (QED) is 0.606. The first-order valence-corrected chi connectivity index (χ1v) is 7.93. The topological polar surface area (TPSA) is 119 Å². The van der Waals surface area contributed by atoms with Gasteiger partial charge in [-0.25, -0.2) is 9.97 Å². The monoisotopic (exact) mass is 412 g/mol. The lowest BCUT2D eigenvalue weighted by Gasteiger charge is -2.11. The van der Waals surface area contributed by atoms with Crippen molar-refractivity contribution < 1.29 is 4.79 Å².